The molecule has 0 radical (unpaired) electrons. The minimum absolute atomic E-state index is 0.397. The van der Waals surface area contributed by atoms with Crippen LogP contribution in [0.2, 0.25) is 0 Å². The third-order valence-electron chi connectivity index (χ3n) is 4.14. The van der Waals surface area contributed by atoms with E-state index in [-0.39, 0.29) is 0 Å². The smallest absolute Gasteiger partial charge is 0.312 e. The van der Waals surface area contributed by atoms with Gasteiger partial charge in [0.2, 0.25) is 0 Å². The molecule has 2 aliphatic rings. The van der Waals surface area contributed by atoms with E-state index in [1.165, 1.54) is 14.2 Å². The van der Waals surface area contributed by atoms with E-state index >= 15 is 0 Å². The number of rotatable bonds is 2. The fourth-order valence-corrected chi connectivity index (χ4v) is 3.30. The van der Waals surface area contributed by atoms with Crippen molar-refractivity contribution in [2.24, 2.45) is 11.8 Å². The van der Waals surface area contributed by atoms with Gasteiger partial charge in [-0.05, 0) is 26.7 Å². The van der Waals surface area contributed by atoms with Gasteiger partial charge in [0.05, 0.1) is 25.4 Å². The molecule has 2 saturated heterocycles. The lowest BCUT2D eigenvalue weighted by atomic mass is 9.67. The predicted molar refractivity (Wildman–Crippen MR) is 58.1 cm³/mol. The molecular weight excluding hydrogens is 224 g/mol. The van der Waals surface area contributed by atoms with Crippen LogP contribution in [0, 0.1) is 11.8 Å². The Morgan fingerprint density at radius 1 is 1.00 bits per heavy atom. The van der Waals surface area contributed by atoms with Crippen molar-refractivity contribution >= 4 is 11.9 Å². The van der Waals surface area contributed by atoms with Gasteiger partial charge in [0.1, 0.15) is 11.8 Å². The zero-order valence-corrected chi connectivity index (χ0v) is 10.6. The third-order valence-corrected chi connectivity index (χ3v) is 4.14. The first-order valence-electron chi connectivity index (χ1n) is 5.74. The Morgan fingerprint density at radius 3 is 1.65 bits per heavy atom. The van der Waals surface area contributed by atoms with Gasteiger partial charge in [0.25, 0.3) is 0 Å². The summed E-state index contributed by atoms with van der Waals surface area (Å²) in [5.74, 6) is -1.94. The summed E-state index contributed by atoms with van der Waals surface area (Å²) < 4.78 is 15.5. The average molecular weight is 242 g/mol. The molecule has 0 aromatic carbocycles. The Kier molecular flexibility index (Phi) is 2.69. The molecule has 0 N–H and O–H groups in total. The molecule has 0 aromatic rings. The van der Waals surface area contributed by atoms with Crippen molar-refractivity contribution in [3.63, 3.8) is 0 Å². The molecule has 96 valence electrons. The monoisotopic (exact) mass is 242 g/mol. The van der Waals surface area contributed by atoms with E-state index in [0.29, 0.717) is 0 Å². The fraction of sp³-hybridized carbons (Fsp3) is 0.833. The number of ether oxygens (including phenoxy) is 3. The van der Waals surface area contributed by atoms with E-state index in [1.54, 1.807) is 0 Å². The molecule has 0 amide bonds. The van der Waals surface area contributed by atoms with Crippen LogP contribution < -0.4 is 0 Å². The maximum absolute atomic E-state index is 11.9. The second-order valence-electron chi connectivity index (χ2n) is 5.23. The topological polar surface area (TPSA) is 61.8 Å². The van der Waals surface area contributed by atoms with Crippen molar-refractivity contribution in [2.45, 2.75) is 37.9 Å². The van der Waals surface area contributed by atoms with Gasteiger partial charge in [-0.3, -0.25) is 9.59 Å². The van der Waals surface area contributed by atoms with Crippen LogP contribution >= 0.6 is 0 Å². The molecule has 5 nitrogen and oxygen atoms in total. The van der Waals surface area contributed by atoms with Gasteiger partial charge in [-0.1, -0.05) is 0 Å². The Bertz CT molecular complexity index is 332. The number of methoxy groups -OCH3 is 2. The summed E-state index contributed by atoms with van der Waals surface area (Å²) >= 11 is 0. The molecule has 0 aromatic heterocycles. The molecule has 0 spiro atoms. The number of carbonyl (C=O) groups is 2. The Labute approximate surface area is 100 Å². The van der Waals surface area contributed by atoms with Crippen molar-refractivity contribution in [1.82, 2.24) is 0 Å². The van der Waals surface area contributed by atoms with Crippen LogP contribution in [0.5, 0.6) is 0 Å². The van der Waals surface area contributed by atoms with Gasteiger partial charge in [0.15, 0.2) is 0 Å². The SMILES string of the molecule is COC(=O)[C@@H]1[C@@H](C(=O)OC)[C@@]2(C)CC[C@@]1(C)O2. The zero-order chi connectivity index (χ0) is 12.8. The number of fused-ring (bicyclic) bond motifs is 2. The molecule has 0 saturated carbocycles. The molecule has 2 fully saturated rings. The van der Waals surface area contributed by atoms with Crippen LogP contribution in [-0.2, 0) is 23.8 Å². The molecule has 2 heterocycles. The van der Waals surface area contributed by atoms with Crippen molar-refractivity contribution in [3.8, 4) is 0 Å². The first-order chi connectivity index (χ1) is 7.88. The molecule has 4 atom stereocenters. The van der Waals surface area contributed by atoms with Gasteiger partial charge in [0, 0.05) is 0 Å². The van der Waals surface area contributed by atoms with Gasteiger partial charge >= 0.3 is 11.9 Å². The summed E-state index contributed by atoms with van der Waals surface area (Å²) in [6, 6.07) is 0. The van der Waals surface area contributed by atoms with Crippen LogP contribution in [0.15, 0.2) is 0 Å². The highest BCUT2D eigenvalue weighted by Crippen LogP contribution is 2.57. The van der Waals surface area contributed by atoms with Gasteiger partial charge in [-0.15, -0.1) is 0 Å². The second kappa shape index (κ2) is 3.70. The Morgan fingerprint density at radius 2 is 1.35 bits per heavy atom. The highest BCUT2D eigenvalue weighted by atomic mass is 16.6. The summed E-state index contributed by atoms with van der Waals surface area (Å²) in [5.41, 5.74) is -1.22. The van der Waals surface area contributed by atoms with Gasteiger partial charge < -0.3 is 14.2 Å². The van der Waals surface area contributed by atoms with Crippen LogP contribution in [0.25, 0.3) is 0 Å². The molecule has 0 unspecified atom stereocenters. The summed E-state index contributed by atoms with van der Waals surface area (Å²) in [6.45, 7) is 3.73. The summed E-state index contributed by atoms with van der Waals surface area (Å²) in [4.78, 5) is 23.7. The van der Waals surface area contributed by atoms with Gasteiger partial charge in [-0.25, -0.2) is 0 Å². The molecule has 0 aliphatic carbocycles. The number of esters is 2. The van der Waals surface area contributed by atoms with Crippen LogP contribution in [0.4, 0.5) is 0 Å². The summed E-state index contributed by atoms with van der Waals surface area (Å²) in [7, 11) is 2.66. The normalized spacial score (nSPS) is 43.5. The first kappa shape index (κ1) is 12.4. The highest BCUT2D eigenvalue weighted by molar-refractivity contribution is 5.85. The van der Waals surface area contributed by atoms with Crippen molar-refractivity contribution in [2.75, 3.05) is 14.2 Å². The maximum Gasteiger partial charge on any atom is 0.312 e. The van der Waals surface area contributed by atoms with E-state index < -0.39 is 35.0 Å². The standard InChI is InChI=1S/C12H18O5/c1-11-5-6-12(2,17-11)8(10(14)16-4)7(11)9(13)15-3/h7-8H,5-6H2,1-4H3/t7-,8-,11+,12+/m0/s1. The molecule has 2 rings (SSSR count). The summed E-state index contributed by atoms with van der Waals surface area (Å²) in [5, 5.41) is 0. The lowest BCUT2D eigenvalue weighted by Gasteiger charge is -2.32. The first-order valence-corrected chi connectivity index (χ1v) is 5.74. The number of hydrogen-bond acceptors (Lipinski definition) is 5. The predicted octanol–water partition coefficient (Wildman–Crippen LogP) is 0.906. The van der Waals surface area contributed by atoms with E-state index in [4.69, 9.17) is 14.2 Å². The zero-order valence-electron chi connectivity index (χ0n) is 10.6. The minimum atomic E-state index is -0.610. The van der Waals surface area contributed by atoms with Crippen molar-refractivity contribution < 1.29 is 23.8 Å². The maximum atomic E-state index is 11.9. The van der Waals surface area contributed by atoms with E-state index in [2.05, 4.69) is 0 Å². The quantitative estimate of drug-likeness (QED) is 0.673. The van der Waals surface area contributed by atoms with E-state index in [1.807, 2.05) is 13.8 Å². The second-order valence-corrected chi connectivity index (χ2v) is 5.23. The lowest BCUT2D eigenvalue weighted by Crippen LogP contribution is -2.47. The molecule has 2 bridgehead atoms. The fourth-order valence-electron chi connectivity index (χ4n) is 3.30. The van der Waals surface area contributed by atoms with Crippen LogP contribution in [0.1, 0.15) is 26.7 Å². The molecule has 5 heteroatoms. The molecule has 17 heavy (non-hydrogen) atoms. The van der Waals surface area contributed by atoms with E-state index in [0.717, 1.165) is 12.8 Å². The van der Waals surface area contributed by atoms with Crippen LogP contribution in [0.3, 0.4) is 0 Å². The third kappa shape index (κ3) is 1.56. The Hall–Kier alpha value is -1.10. The van der Waals surface area contributed by atoms with Crippen molar-refractivity contribution in [3.05, 3.63) is 0 Å². The van der Waals surface area contributed by atoms with Crippen molar-refractivity contribution in [1.29, 1.82) is 0 Å². The lowest BCUT2D eigenvalue weighted by molar-refractivity contribution is -0.160. The number of hydrogen-bond donors (Lipinski definition) is 0. The summed E-state index contributed by atoms with van der Waals surface area (Å²) in [6.07, 6.45) is 1.52. The molecular formula is C12H18O5. The minimum Gasteiger partial charge on any atom is -0.469 e. The molecule has 2 aliphatic heterocycles. The van der Waals surface area contributed by atoms with E-state index in [9.17, 15) is 9.59 Å². The van der Waals surface area contributed by atoms with Crippen LogP contribution in [-0.4, -0.2) is 37.4 Å². The largest absolute Gasteiger partial charge is 0.469 e. The average Bonchev–Trinajstić information content (AvgIpc) is 2.72. The van der Waals surface area contributed by atoms with Gasteiger partial charge in [-0.2, -0.15) is 0 Å². The Balaban J connectivity index is 2.40. The highest BCUT2D eigenvalue weighted by Gasteiger charge is 2.68. The number of carbonyl (C=O) groups excluding carboxylic acids is 2.